The van der Waals surface area contributed by atoms with Crippen molar-refractivity contribution in [2.24, 2.45) is 0 Å². The summed E-state index contributed by atoms with van der Waals surface area (Å²) in [5, 5.41) is 0.435. The Labute approximate surface area is 62.4 Å². The van der Waals surface area contributed by atoms with Gasteiger partial charge in [-0.15, -0.1) is 0 Å². The van der Waals surface area contributed by atoms with Gasteiger partial charge in [0.1, 0.15) is 5.58 Å². The summed E-state index contributed by atoms with van der Waals surface area (Å²) < 4.78 is 17.8. The van der Waals surface area contributed by atoms with Crippen molar-refractivity contribution in [1.29, 1.82) is 0 Å². The third kappa shape index (κ3) is 0.774. The van der Waals surface area contributed by atoms with Gasteiger partial charge in [0.25, 0.3) is 0 Å². The number of nitrogen functional groups attached to an aromatic ring is 1. The zero-order valence-corrected chi connectivity index (χ0v) is 5.67. The van der Waals surface area contributed by atoms with Crippen molar-refractivity contribution in [3.05, 3.63) is 30.1 Å². The number of para-hydroxylation sites is 1. The van der Waals surface area contributed by atoms with E-state index in [-0.39, 0.29) is 5.88 Å². The predicted octanol–water partition coefficient (Wildman–Crippen LogP) is 2.15. The van der Waals surface area contributed by atoms with Gasteiger partial charge in [0, 0.05) is 0 Å². The van der Waals surface area contributed by atoms with Crippen LogP contribution in [0.2, 0.25) is 0 Å². The highest BCUT2D eigenvalue weighted by atomic mass is 19.1. The smallest absolute Gasteiger partial charge is 0.227 e. The minimum atomic E-state index is -0.472. The fourth-order valence-electron chi connectivity index (χ4n) is 1.03. The lowest BCUT2D eigenvalue weighted by Crippen LogP contribution is -1.82. The third-order valence-corrected chi connectivity index (χ3v) is 1.56. The molecule has 2 rings (SSSR count). The second-order valence-corrected chi connectivity index (χ2v) is 2.28. The van der Waals surface area contributed by atoms with Crippen LogP contribution < -0.4 is 5.73 Å². The molecular weight excluding hydrogens is 145 g/mol. The van der Waals surface area contributed by atoms with Crippen LogP contribution in [0.5, 0.6) is 0 Å². The highest BCUT2D eigenvalue weighted by Gasteiger charge is 2.08. The van der Waals surface area contributed by atoms with Gasteiger partial charge in [-0.1, -0.05) is 12.1 Å². The van der Waals surface area contributed by atoms with Crippen LogP contribution in [0.3, 0.4) is 0 Å². The van der Waals surface area contributed by atoms with E-state index in [1.165, 1.54) is 0 Å². The first-order valence-corrected chi connectivity index (χ1v) is 3.21. The molecule has 56 valence electrons. The fourth-order valence-corrected chi connectivity index (χ4v) is 1.03. The molecular formula is C8H6FNO. The number of fused-ring (bicyclic) bond motifs is 1. The number of anilines is 1. The molecule has 1 aromatic carbocycles. The van der Waals surface area contributed by atoms with Crippen LogP contribution in [-0.2, 0) is 0 Å². The molecule has 0 bridgehead atoms. The minimum absolute atomic E-state index is 0.147. The van der Waals surface area contributed by atoms with Gasteiger partial charge in [-0.3, -0.25) is 0 Å². The Morgan fingerprint density at radius 2 is 2.00 bits per heavy atom. The van der Waals surface area contributed by atoms with Crippen molar-refractivity contribution in [2.45, 2.75) is 0 Å². The average Bonchev–Trinajstić information content (AvgIpc) is 2.30. The van der Waals surface area contributed by atoms with Gasteiger partial charge in [-0.2, -0.15) is 0 Å². The second kappa shape index (κ2) is 1.99. The van der Waals surface area contributed by atoms with Gasteiger partial charge in [0.05, 0.1) is 5.39 Å². The van der Waals surface area contributed by atoms with Gasteiger partial charge < -0.3 is 10.2 Å². The van der Waals surface area contributed by atoms with Crippen molar-refractivity contribution >= 4 is 16.9 Å². The van der Waals surface area contributed by atoms with E-state index in [1.54, 1.807) is 24.3 Å². The van der Waals surface area contributed by atoms with Crippen LogP contribution in [0.25, 0.3) is 11.0 Å². The first-order chi connectivity index (χ1) is 5.29. The summed E-state index contributed by atoms with van der Waals surface area (Å²) in [4.78, 5) is 0. The Kier molecular flexibility index (Phi) is 1.12. The quantitative estimate of drug-likeness (QED) is 0.626. The van der Waals surface area contributed by atoms with Crippen molar-refractivity contribution in [1.82, 2.24) is 0 Å². The molecule has 1 heterocycles. The summed E-state index contributed by atoms with van der Waals surface area (Å²) in [6.07, 6.45) is 0. The van der Waals surface area contributed by atoms with Crippen LogP contribution in [-0.4, -0.2) is 0 Å². The van der Waals surface area contributed by atoms with Gasteiger partial charge in [-0.25, -0.2) is 4.39 Å². The van der Waals surface area contributed by atoms with Crippen LogP contribution in [0, 0.1) is 5.82 Å². The van der Waals surface area contributed by atoms with E-state index in [9.17, 15) is 4.39 Å². The maximum absolute atomic E-state index is 12.9. The predicted molar refractivity (Wildman–Crippen MR) is 40.6 cm³/mol. The number of hydrogen-bond acceptors (Lipinski definition) is 2. The Hall–Kier alpha value is -1.51. The van der Waals surface area contributed by atoms with Crippen LogP contribution in [0.4, 0.5) is 10.3 Å². The molecule has 11 heavy (non-hydrogen) atoms. The number of rotatable bonds is 0. The molecule has 0 aliphatic heterocycles. The molecule has 0 saturated heterocycles. The Morgan fingerprint density at radius 3 is 2.73 bits per heavy atom. The molecule has 2 N–H and O–H groups in total. The molecule has 0 saturated carbocycles. The maximum Gasteiger partial charge on any atom is 0.227 e. The summed E-state index contributed by atoms with van der Waals surface area (Å²) in [6.45, 7) is 0. The molecule has 0 fully saturated rings. The van der Waals surface area contributed by atoms with Crippen molar-refractivity contribution in [3.63, 3.8) is 0 Å². The van der Waals surface area contributed by atoms with E-state index < -0.39 is 5.82 Å². The SMILES string of the molecule is Nc1oc2ccccc2c1F. The summed E-state index contributed by atoms with van der Waals surface area (Å²) in [5.41, 5.74) is 5.70. The Morgan fingerprint density at radius 1 is 1.27 bits per heavy atom. The Bertz CT molecular complexity index is 394. The molecule has 0 aliphatic carbocycles. The molecule has 0 amide bonds. The van der Waals surface area contributed by atoms with E-state index in [2.05, 4.69) is 0 Å². The summed E-state index contributed by atoms with van der Waals surface area (Å²) in [7, 11) is 0. The molecule has 3 heteroatoms. The minimum Gasteiger partial charge on any atom is -0.438 e. The van der Waals surface area contributed by atoms with Gasteiger partial charge in [0.2, 0.25) is 5.88 Å². The van der Waals surface area contributed by atoms with Crippen molar-refractivity contribution in [3.8, 4) is 0 Å². The first-order valence-electron chi connectivity index (χ1n) is 3.21. The summed E-state index contributed by atoms with van der Waals surface area (Å²) in [5.74, 6) is -0.619. The van der Waals surface area contributed by atoms with E-state index in [0.717, 1.165) is 0 Å². The highest BCUT2D eigenvalue weighted by Crippen LogP contribution is 2.24. The van der Waals surface area contributed by atoms with Crippen molar-refractivity contribution in [2.75, 3.05) is 5.73 Å². The van der Waals surface area contributed by atoms with Crippen LogP contribution in [0.15, 0.2) is 28.7 Å². The van der Waals surface area contributed by atoms with E-state index in [4.69, 9.17) is 10.2 Å². The second-order valence-electron chi connectivity index (χ2n) is 2.28. The molecule has 2 nitrogen and oxygen atoms in total. The normalized spacial score (nSPS) is 10.6. The van der Waals surface area contributed by atoms with E-state index in [0.29, 0.717) is 11.0 Å². The average molecular weight is 151 g/mol. The lowest BCUT2D eigenvalue weighted by Gasteiger charge is -1.82. The first kappa shape index (κ1) is 6.22. The summed E-state index contributed by atoms with van der Waals surface area (Å²) in [6, 6.07) is 6.81. The van der Waals surface area contributed by atoms with Crippen LogP contribution >= 0.6 is 0 Å². The van der Waals surface area contributed by atoms with Crippen molar-refractivity contribution < 1.29 is 8.81 Å². The number of benzene rings is 1. The van der Waals surface area contributed by atoms with E-state index >= 15 is 0 Å². The van der Waals surface area contributed by atoms with Gasteiger partial charge >= 0.3 is 0 Å². The number of furan rings is 1. The van der Waals surface area contributed by atoms with Gasteiger partial charge in [-0.05, 0) is 12.1 Å². The van der Waals surface area contributed by atoms with Crippen LogP contribution in [0.1, 0.15) is 0 Å². The molecule has 2 aromatic rings. The molecule has 0 radical (unpaired) electrons. The molecule has 0 spiro atoms. The standard InChI is InChI=1S/C8H6FNO/c9-7-5-3-1-2-4-6(5)11-8(7)10/h1-4H,10H2. The monoisotopic (exact) mass is 151 g/mol. The summed E-state index contributed by atoms with van der Waals surface area (Å²) >= 11 is 0. The fraction of sp³-hybridized carbons (Fsp3) is 0. The molecule has 0 atom stereocenters. The lowest BCUT2D eigenvalue weighted by molar-refractivity contribution is 0.579. The maximum atomic E-state index is 12.9. The Balaban J connectivity index is 2.92. The zero-order valence-electron chi connectivity index (χ0n) is 5.67. The molecule has 0 unspecified atom stereocenters. The van der Waals surface area contributed by atoms with E-state index in [1.807, 2.05) is 0 Å². The molecule has 1 aromatic heterocycles. The number of hydrogen-bond donors (Lipinski definition) is 1. The molecule has 0 aliphatic rings. The van der Waals surface area contributed by atoms with Gasteiger partial charge in [0.15, 0.2) is 5.82 Å². The highest BCUT2D eigenvalue weighted by molar-refractivity contribution is 5.81. The number of nitrogens with two attached hydrogens (primary N) is 1. The largest absolute Gasteiger partial charge is 0.438 e. The third-order valence-electron chi connectivity index (χ3n) is 1.56. The lowest BCUT2D eigenvalue weighted by atomic mass is 10.2. The topological polar surface area (TPSA) is 39.2 Å². The zero-order chi connectivity index (χ0) is 7.84. The number of halogens is 1.